The monoisotopic (exact) mass is 289 g/mol. The van der Waals surface area contributed by atoms with Crippen LogP contribution in [0.4, 0.5) is 0 Å². The van der Waals surface area contributed by atoms with E-state index in [9.17, 15) is 9.90 Å². The number of aromatic nitrogens is 2. The summed E-state index contributed by atoms with van der Waals surface area (Å²) in [6.07, 6.45) is -1.27. The highest BCUT2D eigenvalue weighted by Gasteiger charge is 2.47. The van der Waals surface area contributed by atoms with Gasteiger partial charge in [0.15, 0.2) is 5.69 Å². The number of para-hydroxylation sites is 1. The first kappa shape index (κ1) is 12.8. The van der Waals surface area contributed by atoms with Crippen molar-refractivity contribution >= 4 is 16.8 Å². The fourth-order valence-corrected chi connectivity index (χ4v) is 2.98. The van der Waals surface area contributed by atoms with E-state index in [0.717, 1.165) is 10.9 Å². The predicted molar refractivity (Wildman–Crippen MR) is 72.8 cm³/mol. The number of hydrogen-bond acceptors (Lipinski definition) is 5. The largest absolute Gasteiger partial charge is 0.388 e. The molecule has 3 N–H and O–H groups in total. The van der Waals surface area contributed by atoms with Crippen molar-refractivity contribution in [2.75, 3.05) is 13.2 Å². The zero-order valence-corrected chi connectivity index (χ0v) is 11.2. The Kier molecular flexibility index (Phi) is 2.91. The summed E-state index contributed by atoms with van der Waals surface area (Å²) < 4.78 is 11.0. The summed E-state index contributed by atoms with van der Waals surface area (Å²) in [5, 5.41) is 20.3. The number of fused-ring (bicyclic) bond motifs is 2. The van der Waals surface area contributed by atoms with Crippen molar-refractivity contribution < 1.29 is 19.4 Å². The first-order valence-electron chi connectivity index (χ1n) is 6.89. The Bertz CT molecular complexity index is 686. The summed E-state index contributed by atoms with van der Waals surface area (Å²) in [4.78, 5) is 12.4. The second-order valence-corrected chi connectivity index (χ2v) is 5.36. The average molecular weight is 289 g/mol. The molecule has 0 unspecified atom stereocenters. The van der Waals surface area contributed by atoms with Crippen LogP contribution in [0.3, 0.4) is 0 Å². The SMILES string of the molecule is O=C(N[C@@H]1CO[C@H]2[C@@H]1OC[C@H]2O)c1n[nH]c2ccccc12. The van der Waals surface area contributed by atoms with Gasteiger partial charge in [-0.05, 0) is 6.07 Å². The van der Waals surface area contributed by atoms with Gasteiger partial charge in [-0.15, -0.1) is 0 Å². The number of aliphatic hydroxyl groups excluding tert-OH is 1. The molecule has 1 aromatic heterocycles. The number of carbonyl (C=O) groups excluding carboxylic acids is 1. The Labute approximate surface area is 120 Å². The predicted octanol–water partition coefficient (Wildman–Crippen LogP) is -0.180. The fraction of sp³-hybridized carbons (Fsp3) is 0.429. The lowest BCUT2D eigenvalue weighted by Gasteiger charge is -2.16. The van der Waals surface area contributed by atoms with E-state index in [-0.39, 0.29) is 30.8 Å². The molecule has 110 valence electrons. The number of aromatic amines is 1. The third-order valence-corrected chi connectivity index (χ3v) is 4.03. The van der Waals surface area contributed by atoms with Crippen molar-refractivity contribution in [3.63, 3.8) is 0 Å². The van der Waals surface area contributed by atoms with Gasteiger partial charge in [0.05, 0.1) is 24.8 Å². The molecule has 0 aliphatic carbocycles. The van der Waals surface area contributed by atoms with E-state index in [1.54, 1.807) is 0 Å². The van der Waals surface area contributed by atoms with Crippen LogP contribution in [0.2, 0.25) is 0 Å². The van der Waals surface area contributed by atoms with E-state index in [0.29, 0.717) is 12.3 Å². The van der Waals surface area contributed by atoms with Crippen LogP contribution in [0.1, 0.15) is 10.5 Å². The quantitative estimate of drug-likeness (QED) is 0.712. The number of amides is 1. The molecule has 0 spiro atoms. The van der Waals surface area contributed by atoms with Gasteiger partial charge in [0.2, 0.25) is 0 Å². The topological polar surface area (TPSA) is 96.5 Å². The summed E-state index contributed by atoms with van der Waals surface area (Å²) >= 11 is 0. The number of benzene rings is 1. The first-order valence-corrected chi connectivity index (χ1v) is 6.89. The summed E-state index contributed by atoms with van der Waals surface area (Å²) in [5.74, 6) is -0.272. The molecular weight excluding hydrogens is 274 g/mol. The normalized spacial score (nSPS) is 31.5. The zero-order chi connectivity index (χ0) is 14.4. The number of nitrogens with one attached hydrogen (secondary N) is 2. The molecule has 3 heterocycles. The van der Waals surface area contributed by atoms with Gasteiger partial charge in [-0.1, -0.05) is 18.2 Å². The van der Waals surface area contributed by atoms with Crippen LogP contribution < -0.4 is 5.32 Å². The molecule has 2 saturated heterocycles. The highest BCUT2D eigenvalue weighted by molar-refractivity contribution is 6.04. The number of carbonyl (C=O) groups is 1. The molecule has 21 heavy (non-hydrogen) atoms. The summed E-state index contributed by atoms with van der Waals surface area (Å²) in [6, 6.07) is 7.18. The van der Waals surface area contributed by atoms with Crippen LogP contribution in [-0.2, 0) is 9.47 Å². The van der Waals surface area contributed by atoms with E-state index in [1.807, 2.05) is 24.3 Å². The first-order chi connectivity index (χ1) is 10.2. The maximum absolute atomic E-state index is 12.4. The second kappa shape index (κ2) is 4.80. The van der Waals surface area contributed by atoms with Crippen LogP contribution in [0.5, 0.6) is 0 Å². The van der Waals surface area contributed by atoms with Gasteiger partial charge in [-0.2, -0.15) is 5.10 Å². The van der Waals surface area contributed by atoms with Crippen molar-refractivity contribution in [1.29, 1.82) is 0 Å². The molecule has 7 nitrogen and oxygen atoms in total. The van der Waals surface area contributed by atoms with Crippen molar-refractivity contribution in [2.45, 2.75) is 24.4 Å². The van der Waals surface area contributed by atoms with Crippen molar-refractivity contribution in [2.24, 2.45) is 0 Å². The molecule has 1 amide bonds. The van der Waals surface area contributed by atoms with Crippen molar-refractivity contribution in [1.82, 2.24) is 15.5 Å². The molecule has 2 aliphatic heterocycles. The standard InChI is InChI=1S/C14H15N3O4/c18-10-6-21-12-9(5-20-13(10)12)15-14(19)11-7-3-1-2-4-8(7)16-17-11/h1-4,9-10,12-13,18H,5-6H2,(H,15,19)(H,16,17)/t9-,10-,12-,13-/m1/s1. The molecule has 1 aromatic carbocycles. The molecule has 2 aliphatic rings. The van der Waals surface area contributed by atoms with E-state index in [2.05, 4.69) is 15.5 Å². The minimum absolute atomic E-state index is 0.243. The number of hydrogen-bond donors (Lipinski definition) is 3. The Morgan fingerprint density at radius 3 is 3.00 bits per heavy atom. The summed E-state index contributed by atoms with van der Waals surface area (Å²) in [5.41, 5.74) is 1.17. The highest BCUT2D eigenvalue weighted by atomic mass is 16.6. The van der Waals surface area contributed by atoms with Gasteiger partial charge in [-0.25, -0.2) is 0 Å². The molecule has 7 heteroatoms. The minimum Gasteiger partial charge on any atom is -0.388 e. The van der Waals surface area contributed by atoms with E-state index >= 15 is 0 Å². The lowest BCUT2D eigenvalue weighted by molar-refractivity contribution is 0.0178. The van der Waals surface area contributed by atoms with Gasteiger partial charge in [0, 0.05) is 5.39 Å². The Hall–Kier alpha value is -1.96. The van der Waals surface area contributed by atoms with E-state index < -0.39 is 6.10 Å². The van der Waals surface area contributed by atoms with Gasteiger partial charge in [0.25, 0.3) is 5.91 Å². The Morgan fingerprint density at radius 2 is 2.10 bits per heavy atom. The molecule has 0 saturated carbocycles. The van der Waals surface area contributed by atoms with Crippen molar-refractivity contribution in [3.8, 4) is 0 Å². The van der Waals surface area contributed by atoms with Crippen molar-refractivity contribution in [3.05, 3.63) is 30.0 Å². The molecular formula is C14H15N3O4. The summed E-state index contributed by atoms with van der Waals surface area (Å²) in [6.45, 7) is 0.577. The number of rotatable bonds is 2. The summed E-state index contributed by atoms with van der Waals surface area (Å²) in [7, 11) is 0. The number of ether oxygens (including phenoxy) is 2. The van der Waals surface area contributed by atoms with Gasteiger partial charge >= 0.3 is 0 Å². The maximum Gasteiger partial charge on any atom is 0.272 e. The lowest BCUT2D eigenvalue weighted by atomic mass is 10.1. The maximum atomic E-state index is 12.4. The van der Waals surface area contributed by atoms with Gasteiger partial charge in [-0.3, -0.25) is 9.89 Å². The molecule has 2 fully saturated rings. The van der Waals surface area contributed by atoms with Crippen LogP contribution >= 0.6 is 0 Å². The Balaban J connectivity index is 1.54. The number of aliphatic hydroxyl groups is 1. The van der Waals surface area contributed by atoms with Crippen LogP contribution in [-0.4, -0.2) is 58.8 Å². The zero-order valence-electron chi connectivity index (χ0n) is 11.2. The van der Waals surface area contributed by atoms with E-state index in [1.165, 1.54) is 0 Å². The molecule has 4 rings (SSSR count). The Morgan fingerprint density at radius 1 is 1.29 bits per heavy atom. The van der Waals surface area contributed by atoms with Crippen LogP contribution in [0.25, 0.3) is 10.9 Å². The fourth-order valence-electron chi connectivity index (χ4n) is 2.98. The van der Waals surface area contributed by atoms with Gasteiger partial charge in [0.1, 0.15) is 18.3 Å². The lowest BCUT2D eigenvalue weighted by Crippen LogP contribution is -2.44. The molecule has 2 aromatic rings. The average Bonchev–Trinajstić information content (AvgIpc) is 3.16. The number of nitrogens with zero attached hydrogens (tertiary/aromatic N) is 1. The van der Waals surface area contributed by atoms with Crippen LogP contribution in [0.15, 0.2) is 24.3 Å². The number of H-pyrrole nitrogens is 1. The second-order valence-electron chi connectivity index (χ2n) is 5.36. The molecule has 0 radical (unpaired) electrons. The van der Waals surface area contributed by atoms with E-state index in [4.69, 9.17) is 9.47 Å². The molecule has 4 atom stereocenters. The minimum atomic E-state index is -0.622. The third kappa shape index (κ3) is 2.01. The molecule has 0 bridgehead atoms. The highest BCUT2D eigenvalue weighted by Crippen LogP contribution is 2.27. The third-order valence-electron chi connectivity index (χ3n) is 4.03. The smallest absolute Gasteiger partial charge is 0.272 e. The van der Waals surface area contributed by atoms with Crippen LogP contribution in [0, 0.1) is 0 Å². The van der Waals surface area contributed by atoms with Gasteiger partial charge < -0.3 is 19.9 Å².